The Labute approximate surface area is 238 Å². The molecule has 4 rings (SSSR count). The Morgan fingerprint density at radius 3 is 2.61 bits per heavy atom. The summed E-state index contributed by atoms with van der Waals surface area (Å²) in [4.78, 5) is 20.1. The lowest BCUT2D eigenvalue weighted by Crippen LogP contribution is -2.54. The number of benzene rings is 2. The normalized spacial score (nSPS) is 18.7. The zero-order valence-corrected chi connectivity index (χ0v) is 23.8. The number of methoxy groups -OCH3 is 1. The summed E-state index contributed by atoms with van der Waals surface area (Å²) < 4.78 is 51.7. The number of rotatable bonds is 11. The van der Waals surface area contributed by atoms with E-state index in [-0.39, 0.29) is 31.0 Å². The number of halogens is 3. The molecule has 0 aliphatic carbocycles. The summed E-state index contributed by atoms with van der Waals surface area (Å²) in [7, 11) is 1.51. The predicted octanol–water partition coefficient (Wildman–Crippen LogP) is 4.29. The minimum atomic E-state index is -1.17. The van der Waals surface area contributed by atoms with E-state index in [1.807, 2.05) is 30.3 Å². The largest absolute Gasteiger partial charge is 0.394 e. The Kier molecular flexibility index (Phi) is 9.72. The molecule has 3 N–H and O–H groups in total. The van der Waals surface area contributed by atoms with Crippen LogP contribution in [-0.2, 0) is 11.3 Å². The van der Waals surface area contributed by atoms with Crippen molar-refractivity contribution in [3.05, 3.63) is 77.8 Å². The van der Waals surface area contributed by atoms with Crippen LogP contribution in [0.3, 0.4) is 0 Å². The third kappa shape index (κ3) is 7.09. The highest BCUT2D eigenvalue weighted by Gasteiger charge is 2.44. The maximum atomic E-state index is 14.9. The maximum Gasteiger partial charge on any atom is 0.318 e. The van der Waals surface area contributed by atoms with Gasteiger partial charge in [-0.1, -0.05) is 30.3 Å². The monoisotopic (exact) mass is 573 g/mol. The van der Waals surface area contributed by atoms with Gasteiger partial charge in [0.05, 0.1) is 23.9 Å². The average Bonchev–Trinajstić information content (AvgIpc) is 3.55. The molecule has 0 spiro atoms. The average molecular weight is 574 g/mol. The van der Waals surface area contributed by atoms with E-state index in [2.05, 4.69) is 10.6 Å². The van der Waals surface area contributed by atoms with Crippen molar-refractivity contribution < 1.29 is 27.8 Å². The third-order valence-electron chi connectivity index (χ3n) is 7.54. The van der Waals surface area contributed by atoms with Crippen molar-refractivity contribution in [3.8, 4) is 11.3 Å². The van der Waals surface area contributed by atoms with E-state index < -0.39 is 47.4 Å². The molecular weight excluding hydrogens is 535 g/mol. The number of aromatic nitrogens is 2. The smallest absolute Gasteiger partial charge is 0.318 e. The summed E-state index contributed by atoms with van der Waals surface area (Å²) in [5, 5.41) is 15.4. The first-order valence-corrected chi connectivity index (χ1v) is 13.7. The van der Waals surface area contributed by atoms with Crippen molar-refractivity contribution >= 4 is 6.03 Å². The third-order valence-corrected chi connectivity index (χ3v) is 7.54. The minimum absolute atomic E-state index is 0.0253. The fourth-order valence-electron chi connectivity index (χ4n) is 5.09. The number of nitrogens with one attached hydrogen (secondary N) is 2. The number of alkyl halides is 1. The summed E-state index contributed by atoms with van der Waals surface area (Å²) in [6.45, 7) is 5.83. The number of amides is 2. The number of carbonyl (C=O) groups excluding carboxylic acids is 1. The van der Waals surface area contributed by atoms with Crippen LogP contribution in [0.5, 0.6) is 0 Å². The topological polar surface area (TPSA) is 91.7 Å². The molecule has 1 aliphatic rings. The van der Waals surface area contributed by atoms with Gasteiger partial charge in [0.15, 0.2) is 0 Å². The number of hydrogen-bond donors (Lipinski definition) is 3. The van der Waals surface area contributed by atoms with Crippen LogP contribution in [0.4, 0.5) is 18.0 Å². The van der Waals surface area contributed by atoms with Crippen molar-refractivity contribution in [3.63, 3.8) is 0 Å². The molecule has 1 saturated heterocycles. The minimum Gasteiger partial charge on any atom is -0.394 e. The molecular formula is C30H38F3N5O3. The van der Waals surface area contributed by atoms with E-state index in [4.69, 9.17) is 9.72 Å². The second-order valence-electron chi connectivity index (χ2n) is 11.1. The van der Waals surface area contributed by atoms with Gasteiger partial charge < -0.3 is 29.9 Å². The number of carbonyl (C=O) groups is 1. The molecule has 0 radical (unpaired) electrons. The zero-order chi connectivity index (χ0) is 29.7. The summed E-state index contributed by atoms with van der Waals surface area (Å²) in [6.07, 6.45) is 0.452. The summed E-state index contributed by atoms with van der Waals surface area (Å²) in [5.74, 6) is -1.41. The second-order valence-corrected chi connectivity index (χ2v) is 11.1. The highest BCUT2D eigenvalue weighted by molar-refractivity contribution is 5.75. The van der Waals surface area contributed by atoms with E-state index >= 15 is 0 Å². The van der Waals surface area contributed by atoms with Crippen LogP contribution < -0.4 is 10.6 Å². The molecule has 0 bridgehead atoms. The SMILES string of the molecule is COC(C)(C)C(c1nc(-c2cc(F)ccc2F)cn1Cc1ccccc1)N(CC1CNCC1F)C(=O)NC(C)CO. The van der Waals surface area contributed by atoms with Crippen LogP contribution in [0.25, 0.3) is 11.3 Å². The standard InChI is InChI=1S/C30H38F3N5O3/c1-19(18-39)35-29(40)38(16-21-13-34-14-25(21)33)27(30(2,3)41-4)28-36-26(23-12-22(31)10-11-24(23)32)17-37(28)15-20-8-6-5-7-9-20/h5-12,17,19,21,25,27,34,39H,13-16,18H2,1-4H3,(H,35,40). The molecule has 11 heteroatoms. The Hall–Kier alpha value is -3.41. The molecule has 1 aromatic heterocycles. The van der Waals surface area contributed by atoms with Crippen molar-refractivity contribution in [2.24, 2.45) is 5.92 Å². The van der Waals surface area contributed by atoms with Crippen LogP contribution in [0, 0.1) is 17.6 Å². The van der Waals surface area contributed by atoms with E-state index in [0.717, 1.165) is 23.8 Å². The molecule has 2 aromatic carbocycles. The lowest BCUT2D eigenvalue weighted by molar-refractivity contribution is -0.0511. The first-order chi connectivity index (χ1) is 19.5. The first kappa shape index (κ1) is 30.5. The summed E-state index contributed by atoms with van der Waals surface area (Å²) in [5.41, 5.74) is 0.00974. The van der Waals surface area contributed by atoms with Gasteiger partial charge in [-0.05, 0) is 44.5 Å². The molecule has 8 nitrogen and oxygen atoms in total. The number of aliphatic hydroxyl groups excluding tert-OH is 1. The van der Waals surface area contributed by atoms with Crippen molar-refractivity contribution in [1.82, 2.24) is 25.1 Å². The number of aliphatic hydroxyl groups is 1. The van der Waals surface area contributed by atoms with Crippen LogP contribution in [0.1, 0.15) is 38.2 Å². The molecule has 4 atom stereocenters. The molecule has 3 aromatic rings. The van der Waals surface area contributed by atoms with Crippen molar-refractivity contribution in [2.45, 2.75) is 51.2 Å². The molecule has 2 amide bonds. The van der Waals surface area contributed by atoms with Gasteiger partial charge >= 0.3 is 6.03 Å². The molecule has 1 fully saturated rings. The first-order valence-electron chi connectivity index (χ1n) is 13.7. The van der Waals surface area contributed by atoms with Crippen molar-refractivity contribution in [1.29, 1.82) is 0 Å². The zero-order valence-electron chi connectivity index (χ0n) is 23.8. The lowest BCUT2D eigenvalue weighted by Gasteiger charge is -2.42. The van der Waals surface area contributed by atoms with Gasteiger partial charge in [-0.3, -0.25) is 0 Å². The molecule has 0 saturated carbocycles. The quantitative estimate of drug-likeness (QED) is 0.318. The van der Waals surface area contributed by atoms with Gasteiger partial charge in [0, 0.05) is 51.0 Å². The van der Waals surface area contributed by atoms with Gasteiger partial charge in [0.1, 0.15) is 29.7 Å². The van der Waals surface area contributed by atoms with Gasteiger partial charge in [0.25, 0.3) is 0 Å². The molecule has 1 aliphatic heterocycles. The fraction of sp³-hybridized carbons (Fsp3) is 0.467. The van der Waals surface area contributed by atoms with Crippen LogP contribution >= 0.6 is 0 Å². The Morgan fingerprint density at radius 2 is 1.98 bits per heavy atom. The van der Waals surface area contributed by atoms with E-state index in [0.29, 0.717) is 18.9 Å². The van der Waals surface area contributed by atoms with E-state index in [1.165, 1.54) is 12.0 Å². The number of imidazole rings is 1. The highest BCUT2D eigenvalue weighted by atomic mass is 19.1. The Balaban J connectivity index is 1.90. The van der Waals surface area contributed by atoms with Gasteiger partial charge in [-0.2, -0.15) is 0 Å². The molecule has 2 heterocycles. The van der Waals surface area contributed by atoms with Gasteiger partial charge in [-0.25, -0.2) is 22.9 Å². The van der Waals surface area contributed by atoms with Gasteiger partial charge in [0.2, 0.25) is 0 Å². The van der Waals surface area contributed by atoms with Crippen LogP contribution in [-0.4, -0.2) is 76.8 Å². The Bertz CT molecular complexity index is 1320. The van der Waals surface area contributed by atoms with E-state index in [1.54, 1.807) is 31.5 Å². The van der Waals surface area contributed by atoms with Crippen molar-refractivity contribution in [2.75, 3.05) is 33.4 Å². The summed E-state index contributed by atoms with van der Waals surface area (Å²) in [6, 6.07) is 10.7. The Morgan fingerprint density at radius 1 is 1.24 bits per heavy atom. The molecule has 4 unspecified atom stereocenters. The number of nitrogens with zero attached hydrogens (tertiary/aromatic N) is 3. The lowest BCUT2D eigenvalue weighted by atomic mass is 9.94. The van der Waals surface area contributed by atoms with Crippen LogP contribution in [0.2, 0.25) is 0 Å². The molecule has 41 heavy (non-hydrogen) atoms. The summed E-state index contributed by atoms with van der Waals surface area (Å²) >= 11 is 0. The van der Waals surface area contributed by atoms with Crippen LogP contribution in [0.15, 0.2) is 54.7 Å². The number of ether oxygens (including phenoxy) is 1. The molecule has 222 valence electrons. The highest BCUT2D eigenvalue weighted by Crippen LogP contribution is 2.37. The maximum absolute atomic E-state index is 14.9. The van der Waals surface area contributed by atoms with Gasteiger partial charge in [-0.15, -0.1) is 0 Å². The second kappa shape index (κ2) is 13.1. The van der Waals surface area contributed by atoms with E-state index in [9.17, 15) is 23.1 Å². The predicted molar refractivity (Wildman–Crippen MR) is 150 cm³/mol. The number of hydrogen-bond acceptors (Lipinski definition) is 5. The number of urea groups is 1. The fourth-order valence-corrected chi connectivity index (χ4v) is 5.09.